The van der Waals surface area contributed by atoms with Crippen molar-refractivity contribution < 1.29 is 17.6 Å². The molecule has 170 valence electrons. The molecule has 0 radical (unpaired) electrons. The van der Waals surface area contributed by atoms with Crippen molar-refractivity contribution in [2.24, 2.45) is 0 Å². The molecule has 3 aromatic rings. The fourth-order valence-corrected chi connectivity index (χ4v) is 4.99. The van der Waals surface area contributed by atoms with Crippen LogP contribution >= 0.6 is 23.2 Å². The lowest BCUT2D eigenvalue weighted by Crippen LogP contribution is -2.32. The smallest absolute Gasteiger partial charge is 0.322 e. The van der Waals surface area contributed by atoms with E-state index in [-0.39, 0.29) is 22.4 Å². The highest BCUT2D eigenvalue weighted by Crippen LogP contribution is 2.30. The minimum Gasteiger partial charge on any atom is -0.403 e. The van der Waals surface area contributed by atoms with Crippen LogP contribution in [-0.2, 0) is 10.0 Å². The number of amides is 1. The second-order valence-corrected chi connectivity index (χ2v) is 9.70. The lowest BCUT2D eigenvalue weighted by Gasteiger charge is -2.21. The maximum absolute atomic E-state index is 12.8. The van der Waals surface area contributed by atoms with Gasteiger partial charge in [0, 0.05) is 23.7 Å². The van der Waals surface area contributed by atoms with Crippen molar-refractivity contribution in [3.8, 4) is 11.5 Å². The molecule has 2 aromatic carbocycles. The predicted octanol–water partition coefficient (Wildman–Crippen LogP) is 5.11. The van der Waals surface area contributed by atoms with E-state index < -0.39 is 15.9 Å². The van der Waals surface area contributed by atoms with Gasteiger partial charge in [0.25, 0.3) is 11.8 Å². The molecule has 1 N–H and O–H groups in total. The fraction of sp³-hybridized carbons (Fsp3) is 0.286. The molecule has 1 aromatic heterocycles. The minimum atomic E-state index is -3.62. The van der Waals surface area contributed by atoms with Crippen LogP contribution in [0.25, 0.3) is 11.5 Å². The van der Waals surface area contributed by atoms with Crippen LogP contribution < -0.4 is 5.32 Å². The van der Waals surface area contributed by atoms with Gasteiger partial charge in [-0.3, -0.25) is 10.1 Å². The first-order chi connectivity index (χ1) is 15.3. The molecule has 11 heteroatoms. The van der Waals surface area contributed by atoms with Crippen LogP contribution in [0.5, 0.6) is 0 Å². The molecule has 0 saturated heterocycles. The van der Waals surface area contributed by atoms with Gasteiger partial charge in [-0.25, -0.2) is 8.42 Å². The second-order valence-electron chi connectivity index (χ2n) is 6.92. The molecule has 0 bridgehead atoms. The molecule has 0 aliphatic rings. The van der Waals surface area contributed by atoms with Crippen molar-refractivity contribution in [2.45, 2.75) is 31.6 Å². The Labute approximate surface area is 196 Å². The van der Waals surface area contributed by atoms with E-state index in [1.54, 1.807) is 18.2 Å². The van der Waals surface area contributed by atoms with Crippen LogP contribution in [0.1, 0.15) is 37.0 Å². The van der Waals surface area contributed by atoms with Gasteiger partial charge in [-0.15, -0.1) is 5.10 Å². The Hall–Kier alpha value is -2.46. The third kappa shape index (κ3) is 5.47. The van der Waals surface area contributed by atoms with Gasteiger partial charge in [0.15, 0.2) is 0 Å². The Bertz CT molecular complexity index is 1190. The molecule has 0 saturated carbocycles. The summed E-state index contributed by atoms with van der Waals surface area (Å²) in [4.78, 5) is 12.7. The van der Waals surface area contributed by atoms with Gasteiger partial charge in [-0.1, -0.05) is 42.1 Å². The summed E-state index contributed by atoms with van der Waals surface area (Å²) >= 11 is 12.1. The minimum absolute atomic E-state index is 0.0983. The van der Waals surface area contributed by atoms with E-state index in [0.29, 0.717) is 41.5 Å². The topological polar surface area (TPSA) is 105 Å². The third-order valence-corrected chi connectivity index (χ3v) is 6.98. The molecule has 1 heterocycles. The molecular formula is C21H22Cl2N4O4S. The number of carbonyl (C=O) groups excluding carboxylic acids is 1. The zero-order valence-corrected chi connectivity index (χ0v) is 19.8. The zero-order chi connectivity index (χ0) is 23.3. The number of hydrogen-bond donors (Lipinski definition) is 1. The quantitative estimate of drug-likeness (QED) is 0.441. The average molecular weight is 497 g/mol. The number of halogens is 2. The molecule has 8 nitrogen and oxygen atoms in total. The van der Waals surface area contributed by atoms with Gasteiger partial charge in [0.05, 0.1) is 15.5 Å². The Balaban J connectivity index is 1.74. The van der Waals surface area contributed by atoms with Crippen LogP contribution in [0.2, 0.25) is 10.0 Å². The summed E-state index contributed by atoms with van der Waals surface area (Å²) in [5, 5.41) is 11.0. The summed E-state index contributed by atoms with van der Waals surface area (Å²) in [5.74, 6) is -0.429. The summed E-state index contributed by atoms with van der Waals surface area (Å²) in [5.41, 5.74) is 0.674. The van der Waals surface area contributed by atoms with Gasteiger partial charge >= 0.3 is 6.01 Å². The van der Waals surface area contributed by atoms with Crippen molar-refractivity contribution in [3.63, 3.8) is 0 Å². The summed E-state index contributed by atoms with van der Waals surface area (Å²) in [6, 6.07) is 10.4. The van der Waals surface area contributed by atoms with Crippen molar-refractivity contribution >= 4 is 45.1 Å². The average Bonchev–Trinajstić information content (AvgIpc) is 3.23. The Morgan fingerprint density at radius 3 is 2.31 bits per heavy atom. The highest BCUT2D eigenvalue weighted by Gasteiger charge is 2.23. The van der Waals surface area contributed by atoms with Gasteiger partial charge in [0.1, 0.15) is 0 Å². The lowest BCUT2D eigenvalue weighted by molar-refractivity contribution is 0.102. The Morgan fingerprint density at radius 1 is 1.03 bits per heavy atom. The molecule has 0 aliphatic heterocycles. The Kier molecular flexibility index (Phi) is 7.89. The number of nitrogens with one attached hydrogen (secondary N) is 1. The molecule has 3 rings (SSSR count). The van der Waals surface area contributed by atoms with Crippen LogP contribution in [0.15, 0.2) is 51.8 Å². The maximum Gasteiger partial charge on any atom is 0.322 e. The number of sulfonamides is 1. The summed E-state index contributed by atoms with van der Waals surface area (Å²) < 4.78 is 32.6. The first kappa shape index (κ1) is 24.2. The maximum atomic E-state index is 12.8. The van der Waals surface area contributed by atoms with Crippen molar-refractivity contribution in [1.29, 1.82) is 0 Å². The normalized spacial score (nSPS) is 11.7. The number of anilines is 1. The van der Waals surface area contributed by atoms with Gasteiger partial charge in [0.2, 0.25) is 10.0 Å². The van der Waals surface area contributed by atoms with Gasteiger partial charge < -0.3 is 4.42 Å². The standard InChI is InChI=1S/C21H22Cl2N4O4S/c1-3-11-27(12-4-2)32(29,30)16-8-5-14(6-9-16)19(28)24-21-26-25-20(31-21)17-13-15(22)7-10-18(17)23/h5-10,13H,3-4,11-12H2,1-2H3,(H,24,26,28). The highest BCUT2D eigenvalue weighted by atomic mass is 35.5. The fourth-order valence-electron chi connectivity index (χ4n) is 2.99. The summed E-state index contributed by atoms with van der Waals surface area (Å²) in [6.07, 6.45) is 1.43. The first-order valence-electron chi connectivity index (χ1n) is 9.96. The number of nitrogens with zero attached hydrogens (tertiary/aromatic N) is 3. The van der Waals surface area contributed by atoms with E-state index in [9.17, 15) is 13.2 Å². The van der Waals surface area contributed by atoms with E-state index in [2.05, 4.69) is 15.5 Å². The molecule has 0 atom stereocenters. The van der Waals surface area contributed by atoms with Crippen molar-refractivity contribution in [2.75, 3.05) is 18.4 Å². The van der Waals surface area contributed by atoms with E-state index in [0.717, 1.165) is 0 Å². The number of aromatic nitrogens is 2. The van der Waals surface area contributed by atoms with Crippen molar-refractivity contribution in [3.05, 3.63) is 58.1 Å². The van der Waals surface area contributed by atoms with Gasteiger partial charge in [-0.2, -0.15) is 4.31 Å². The number of benzene rings is 2. The highest BCUT2D eigenvalue weighted by molar-refractivity contribution is 7.89. The van der Waals surface area contributed by atoms with Crippen molar-refractivity contribution in [1.82, 2.24) is 14.5 Å². The first-order valence-corrected chi connectivity index (χ1v) is 12.2. The van der Waals surface area contributed by atoms with Crippen LogP contribution in [0.3, 0.4) is 0 Å². The zero-order valence-electron chi connectivity index (χ0n) is 17.5. The van der Waals surface area contributed by atoms with Crippen LogP contribution in [0, 0.1) is 0 Å². The molecule has 0 spiro atoms. The summed E-state index contributed by atoms with van der Waals surface area (Å²) in [7, 11) is -3.62. The number of carbonyl (C=O) groups is 1. The molecule has 0 fully saturated rings. The molecule has 0 aliphatic carbocycles. The molecular weight excluding hydrogens is 475 g/mol. The molecule has 0 unspecified atom stereocenters. The van der Waals surface area contributed by atoms with Crippen LogP contribution in [-0.4, -0.2) is 41.9 Å². The number of rotatable bonds is 9. The monoisotopic (exact) mass is 496 g/mol. The number of hydrogen-bond acceptors (Lipinski definition) is 6. The van der Waals surface area contributed by atoms with E-state index in [1.807, 2.05) is 13.8 Å². The van der Waals surface area contributed by atoms with E-state index in [4.69, 9.17) is 27.6 Å². The molecule has 1 amide bonds. The van der Waals surface area contributed by atoms with E-state index in [1.165, 1.54) is 28.6 Å². The third-order valence-electron chi connectivity index (χ3n) is 4.50. The molecule has 32 heavy (non-hydrogen) atoms. The van der Waals surface area contributed by atoms with E-state index >= 15 is 0 Å². The van der Waals surface area contributed by atoms with Crippen LogP contribution in [0.4, 0.5) is 6.01 Å². The predicted molar refractivity (Wildman–Crippen MR) is 123 cm³/mol. The Morgan fingerprint density at radius 2 is 1.69 bits per heavy atom. The lowest BCUT2D eigenvalue weighted by atomic mass is 10.2. The largest absolute Gasteiger partial charge is 0.403 e. The SMILES string of the molecule is CCCN(CCC)S(=O)(=O)c1ccc(C(=O)Nc2nnc(-c3cc(Cl)ccc3Cl)o2)cc1. The summed E-state index contributed by atoms with van der Waals surface area (Å²) in [6.45, 7) is 4.73. The van der Waals surface area contributed by atoms with Gasteiger partial charge in [-0.05, 0) is 55.3 Å². The second kappa shape index (κ2) is 10.4.